The predicted molar refractivity (Wildman–Crippen MR) is 253 cm³/mol. The summed E-state index contributed by atoms with van der Waals surface area (Å²) in [5.74, 6) is 0. The zero-order chi connectivity index (χ0) is 39.8. The second-order valence-corrected chi connectivity index (χ2v) is 15.3. The zero-order valence-electron chi connectivity index (χ0n) is 32.9. The van der Waals surface area contributed by atoms with Crippen LogP contribution in [0.1, 0.15) is 0 Å². The lowest BCUT2D eigenvalue weighted by molar-refractivity contribution is 0.670. The summed E-state index contributed by atoms with van der Waals surface area (Å²) < 4.78 is 6.76. The van der Waals surface area contributed by atoms with Crippen LogP contribution in [0.2, 0.25) is 0 Å². The van der Waals surface area contributed by atoms with Crippen molar-refractivity contribution in [3.63, 3.8) is 0 Å². The molecule has 1 aromatic heterocycles. The Morgan fingerprint density at radius 3 is 1.40 bits per heavy atom. The lowest BCUT2D eigenvalue weighted by Crippen LogP contribution is -2.09. The number of anilines is 3. The maximum Gasteiger partial charge on any atom is 0.143 e. The van der Waals surface area contributed by atoms with Gasteiger partial charge in [0.05, 0.1) is 0 Å². The number of fused-ring (bicyclic) bond motifs is 4. The van der Waals surface area contributed by atoms with Crippen LogP contribution in [0.3, 0.4) is 0 Å². The zero-order valence-corrected chi connectivity index (χ0v) is 32.9. The van der Waals surface area contributed by atoms with Gasteiger partial charge in [0.1, 0.15) is 11.2 Å². The predicted octanol–water partition coefficient (Wildman–Crippen LogP) is 16.5. The third-order valence-corrected chi connectivity index (χ3v) is 11.7. The van der Waals surface area contributed by atoms with Crippen LogP contribution in [0.15, 0.2) is 241 Å². The maximum atomic E-state index is 6.76. The topological polar surface area (TPSA) is 16.4 Å². The van der Waals surface area contributed by atoms with Gasteiger partial charge in [0.2, 0.25) is 0 Å². The smallest absolute Gasteiger partial charge is 0.143 e. The van der Waals surface area contributed by atoms with Crippen LogP contribution >= 0.6 is 0 Å². The van der Waals surface area contributed by atoms with Crippen molar-refractivity contribution in [2.24, 2.45) is 0 Å². The Bertz CT molecular complexity index is 3280. The molecule has 0 amide bonds. The van der Waals surface area contributed by atoms with Gasteiger partial charge >= 0.3 is 0 Å². The van der Waals surface area contributed by atoms with Gasteiger partial charge in [0, 0.05) is 39.5 Å². The Balaban J connectivity index is 1.01. The van der Waals surface area contributed by atoms with E-state index in [2.05, 4.69) is 235 Å². The summed E-state index contributed by atoms with van der Waals surface area (Å²) in [6.07, 6.45) is 0. The van der Waals surface area contributed by atoms with E-state index in [4.69, 9.17) is 4.42 Å². The fourth-order valence-corrected chi connectivity index (χ4v) is 8.74. The second-order valence-electron chi connectivity index (χ2n) is 15.3. The fourth-order valence-electron chi connectivity index (χ4n) is 8.74. The Hall–Kier alpha value is -7.94. The molecule has 0 aliphatic rings. The van der Waals surface area contributed by atoms with Crippen LogP contribution in [-0.4, -0.2) is 0 Å². The van der Waals surface area contributed by atoms with Gasteiger partial charge in [-0.15, -0.1) is 0 Å². The lowest BCUT2D eigenvalue weighted by Gasteiger charge is -2.26. The molecule has 0 fully saturated rings. The van der Waals surface area contributed by atoms with Gasteiger partial charge in [-0.1, -0.05) is 188 Å². The Kier molecular flexibility index (Phi) is 8.87. The van der Waals surface area contributed by atoms with Crippen molar-refractivity contribution >= 4 is 49.8 Å². The van der Waals surface area contributed by atoms with Crippen LogP contribution in [0.25, 0.3) is 88.3 Å². The molecule has 0 spiro atoms. The van der Waals surface area contributed by atoms with E-state index in [-0.39, 0.29) is 0 Å². The van der Waals surface area contributed by atoms with Gasteiger partial charge in [-0.2, -0.15) is 0 Å². The first-order valence-electron chi connectivity index (χ1n) is 20.5. The van der Waals surface area contributed by atoms with Crippen LogP contribution in [0.4, 0.5) is 17.1 Å². The van der Waals surface area contributed by atoms with E-state index in [1.807, 2.05) is 6.07 Å². The van der Waals surface area contributed by atoms with Crippen molar-refractivity contribution < 1.29 is 4.42 Å². The number of benzene rings is 10. The largest absolute Gasteiger partial charge is 0.455 e. The minimum absolute atomic E-state index is 0.853. The first kappa shape index (κ1) is 35.2. The summed E-state index contributed by atoms with van der Waals surface area (Å²) in [5, 5.41) is 4.69. The Morgan fingerprint density at radius 2 is 0.750 bits per heavy atom. The third-order valence-electron chi connectivity index (χ3n) is 11.7. The van der Waals surface area contributed by atoms with Gasteiger partial charge in [-0.3, -0.25) is 0 Å². The molecule has 0 bridgehead atoms. The van der Waals surface area contributed by atoms with E-state index < -0.39 is 0 Å². The SMILES string of the molecule is c1ccc(-c2ccccc2-c2ccc(N(c3ccc(-c4ccc5cccc(-c6ccccc6)c5c4)cc3)c3ccc4c(c3)oc3c(-c5ccccc5)cccc34)cc2)cc1. The molecule has 282 valence electrons. The van der Waals surface area contributed by atoms with Gasteiger partial charge in [0.15, 0.2) is 0 Å². The van der Waals surface area contributed by atoms with Crippen LogP contribution in [0.5, 0.6) is 0 Å². The molecule has 60 heavy (non-hydrogen) atoms. The fraction of sp³-hybridized carbons (Fsp3) is 0. The molecular formula is C58H39NO. The minimum atomic E-state index is 0.853. The molecule has 0 unspecified atom stereocenters. The molecule has 11 rings (SSSR count). The molecule has 2 nitrogen and oxygen atoms in total. The number of furan rings is 1. The molecule has 10 aromatic carbocycles. The van der Waals surface area contributed by atoms with E-state index in [0.717, 1.165) is 55.7 Å². The van der Waals surface area contributed by atoms with Crippen LogP contribution in [0, 0.1) is 0 Å². The molecule has 0 atom stereocenters. The summed E-state index contributed by atoms with van der Waals surface area (Å²) >= 11 is 0. The van der Waals surface area contributed by atoms with Gasteiger partial charge in [0.25, 0.3) is 0 Å². The summed E-state index contributed by atoms with van der Waals surface area (Å²) in [4.78, 5) is 2.33. The highest BCUT2D eigenvalue weighted by Gasteiger charge is 2.18. The summed E-state index contributed by atoms with van der Waals surface area (Å²) in [7, 11) is 0. The number of para-hydroxylation sites is 1. The monoisotopic (exact) mass is 765 g/mol. The van der Waals surface area contributed by atoms with E-state index in [0.29, 0.717) is 0 Å². The highest BCUT2D eigenvalue weighted by atomic mass is 16.3. The quantitative estimate of drug-likeness (QED) is 0.153. The molecule has 0 aliphatic heterocycles. The molecule has 2 heteroatoms. The molecule has 1 heterocycles. The van der Waals surface area contributed by atoms with Gasteiger partial charge in [-0.25, -0.2) is 0 Å². The summed E-state index contributed by atoms with van der Waals surface area (Å²) in [5.41, 5.74) is 16.7. The average Bonchev–Trinajstić information content (AvgIpc) is 3.71. The number of nitrogens with zero attached hydrogens (tertiary/aromatic N) is 1. The van der Waals surface area contributed by atoms with E-state index >= 15 is 0 Å². The minimum Gasteiger partial charge on any atom is -0.455 e. The second kappa shape index (κ2) is 15.1. The lowest BCUT2D eigenvalue weighted by atomic mass is 9.94. The Morgan fingerprint density at radius 1 is 0.267 bits per heavy atom. The van der Waals surface area contributed by atoms with Gasteiger partial charge < -0.3 is 9.32 Å². The molecule has 0 radical (unpaired) electrons. The first-order chi connectivity index (χ1) is 29.7. The van der Waals surface area contributed by atoms with Crippen molar-refractivity contribution in [2.45, 2.75) is 0 Å². The number of hydrogen-bond donors (Lipinski definition) is 0. The number of hydrogen-bond acceptors (Lipinski definition) is 2. The summed E-state index contributed by atoms with van der Waals surface area (Å²) in [6, 6.07) is 84.7. The van der Waals surface area contributed by atoms with Gasteiger partial charge in [-0.05, 0) is 103 Å². The van der Waals surface area contributed by atoms with Crippen molar-refractivity contribution in [1.82, 2.24) is 0 Å². The molecule has 0 N–H and O–H groups in total. The van der Waals surface area contributed by atoms with E-state index in [1.54, 1.807) is 0 Å². The van der Waals surface area contributed by atoms with Crippen LogP contribution in [-0.2, 0) is 0 Å². The summed E-state index contributed by atoms with van der Waals surface area (Å²) in [6.45, 7) is 0. The molecular weight excluding hydrogens is 727 g/mol. The van der Waals surface area contributed by atoms with Crippen molar-refractivity contribution in [1.29, 1.82) is 0 Å². The van der Waals surface area contributed by atoms with Crippen molar-refractivity contribution in [3.05, 3.63) is 237 Å². The first-order valence-corrected chi connectivity index (χ1v) is 20.5. The molecule has 0 saturated carbocycles. The molecule has 0 aliphatic carbocycles. The highest BCUT2D eigenvalue weighted by molar-refractivity contribution is 6.10. The Labute approximate surface area is 349 Å². The van der Waals surface area contributed by atoms with Crippen LogP contribution < -0.4 is 4.90 Å². The van der Waals surface area contributed by atoms with E-state index in [1.165, 1.54) is 49.7 Å². The molecule has 11 aromatic rings. The van der Waals surface area contributed by atoms with Crippen molar-refractivity contribution in [2.75, 3.05) is 4.90 Å². The van der Waals surface area contributed by atoms with Crippen molar-refractivity contribution in [3.8, 4) is 55.6 Å². The maximum absolute atomic E-state index is 6.76. The normalized spacial score (nSPS) is 11.3. The molecule has 0 saturated heterocycles. The number of rotatable bonds is 8. The third kappa shape index (κ3) is 6.41. The van der Waals surface area contributed by atoms with E-state index in [9.17, 15) is 0 Å². The highest BCUT2D eigenvalue weighted by Crippen LogP contribution is 2.42. The average molecular weight is 766 g/mol. The standard InChI is InChI=1S/C58H39NO/c1-4-14-41(15-5-1)50-21-10-11-22-51(50)45-30-34-48(35-31-45)59(49-36-37-54-55-25-13-24-53(43-18-8-3-9-19-43)58(55)60-57(54)39-49)47-32-28-40(29-33-47)46-27-26-44-20-12-23-52(56(44)38-46)42-16-6-2-7-17-42/h1-39H.